The molecule has 0 spiro atoms. The van der Waals surface area contributed by atoms with Crippen molar-refractivity contribution < 1.29 is 14.3 Å². The maximum absolute atomic E-state index is 12.7. The van der Waals surface area contributed by atoms with E-state index in [1.165, 1.54) is 11.3 Å². The highest BCUT2D eigenvalue weighted by Gasteiger charge is 2.17. The number of amides is 2. The Bertz CT molecular complexity index is 1220. The molecule has 0 fully saturated rings. The molecule has 0 aliphatic carbocycles. The van der Waals surface area contributed by atoms with Gasteiger partial charge in [0, 0.05) is 5.02 Å². The van der Waals surface area contributed by atoms with Crippen LogP contribution < -0.4 is 15.4 Å². The van der Waals surface area contributed by atoms with Crippen LogP contribution in [-0.4, -0.2) is 29.1 Å². The summed E-state index contributed by atoms with van der Waals surface area (Å²) in [7, 11) is 1.55. The summed E-state index contributed by atoms with van der Waals surface area (Å²) in [6, 6.07) is 16.0. The number of para-hydroxylation sites is 2. The number of H-pyrrole nitrogens is 1. The van der Waals surface area contributed by atoms with E-state index < -0.39 is 0 Å². The van der Waals surface area contributed by atoms with Crippen molar-refractivity contribution in [2.45, 2.75) is 6.42 Å². The first-order chi connectivity index (χ1) is 14.5. The van der Waals surface area contributed by atoms with E-state index in [0.29, 0.717) is 37.4 Å². The number of aromatic amines is 1. The molecule has 4 aromatic rings. The lowest BCUT2D eigenvalue weighted by Crippen LogP contribution is -2.14. The molecular formula is C21H17ClN4O3S. The van der Waals surface area contributed by atoms with Gasteiger partial charge in [0.1, 0.15) is 10.6 Å². The highest BCUT2D eigenvalue weighted by Crippen LogP contribution is 2.31. The summed E-state index contributed by atoms with van der Waals surface area (Å²) in [4.78, 5) is 26.2. The molecule has 0 atom stereocenters. The highest BCUT2D eigenvalue weighted by molar-refractivity contribution is 7.20. The quantitative estimate of drug-likeness (QED) is 0.404. The number of thiophene rings is 1. The van der Waals surface area contributed by atoms with Gasteiger partial charge in [-0.05, 0) is 35.9 Å². The Labute approximate surface area is 181 Å². The van der Waals surface area contributed by atoms with E-state index >= 15 is 0 Å². The summed E-state index contributed by atoms with van der Waals surface area (Å²) in [5.74, 6) is 0.478. The molecule has 152 valence electrons. The average Bonchev–Trinajstić information content (AvgIpc) is 3.32. The minimum absolute atomic E-state index is 0.191. The predicted octanol–water partition coefficient (Wildman–Crippen LogP) is 4.72. The molecule has 0 aliphatic heterocycles. The topological polar surface area (TPSA) is 96.1 Å². The number of halogens is 1. The molecule has 0 bridgehead atoms. The number of nitrogens with zero attached hydrogens (tertiary/aromatic N) is 1. The number of hydrogen-bond donors (Lipinski definition) is 3. The monoisotopic (exact) mass is 440 g/mol. The zero-order chi connectivity index (χ0) is 21.1. The Morgan fingerprint density at radius 1 is 1.13 bits per heavy atom. The van der Waals surface area contributed by atoms with Crippen molar-refractivity contribution in [3.8, 4) is 5.75 Å². The Balaban J connectivity index is 1.48. The summed E-state index contributed by atoms with van der Waals surface area (Å²) in [5, 5.41) is 13.9. The zero-order valence-electron chi connectivity index (χ0n) is 15.9. The summed E-state index contributed by atoms with van der Waals surface area (Å²) in [5.41, 5.74) is 1.42. The third-order valence-electron chi connectivity index (χ3n) is 4.37. The Hall–Kier alpha value is -3.36. The number of ether oxygens (including phenoxy) is 1. The first kappa shape index (κ1) is 19.9. The van der Waals surface area contributed by atoms with Gasteiger partial charge in [0.25, 0.3) is 5.91 Å². The first-order valence-electron chi connectivity index (χ1n) is 9.00. The van der Waals surface area contributed by atoms with Crippen molar-refractivity contribution in [3.05, 3.63) is 70.1 Å². The molecule has 30 heavy (non-hydrogen) atoms. The van der Waals surface area contributed by atoms with Gasteiger partial charge in [-0.2, -0.15) is 5.10 Å². The van der Waals surface area contributed by atoms with Crippen LogP contribution in [0, 0.1) is 0 Å². The van der Waals surface area contributed by atoms with Gasteiger partial charge < -0.3 is 15.4 Å². The number of fused-ring (bicyclic) bond motifs is 1. The first-order valence-corrected chi connectivity index (χ1v) is 10.2. The van der Waals surface area contributed by atoms with Crippen LogP contribution in [0.3, 0.4) is 0 Å². The van der Waals surface area contributed by atoms with Crippen LogP contribution in [0.5, 0.6) is 5.75 Å². The van der Waals surface area contributed by atoms with Gasteiger partial charge in [-0.15, -0.1) is 11.3 Å². The smallest absolute Gasteiger partial charge is 0.265 e. The molecule has 7 nitrogen and oxygen atoms in total. The van der Waals surface area contributed by atoms with E-state index in [1.807, 2.05) is 12.1 Å². The molecule has 4 rings (SSSR count). The molecule has 0 unspecified atom stereocenters. The normalized spacial score (nSPS) is 10.7. The van der Waals surface area contributed by atoms with E-state index in [-0.39, 0.29) is 18.2 Å². The molecule has 0 saturated carbocycles. The van der Waals surface area contributed by atoms with Gasteiger partial charge in [0.15, 0.2) is 5.82 Å². The fourth-order valence-electron chi connectivity index (χ4n) is 2.92. The molecule has 2 aromatic carbocycles. The predicted molar refractivity (Wildman–Crippen MR) is 119 cm³/mol. The van der Waals surface area contributed by atoms with Gasteiger partial charge in [-0.25, -0.2) is 0 Å². The fraction of sp³-hybridized carbons (Fsp3) is 0.0952. The van der Waals surface area contributed by atoms with Gasteiger partial charge in [0.05, 0.1) is 29.5 Å². The third-order valence-corrected chi connectivity index (χ3v) is 5.66. The lowest BCUT2D eigenvalue weighted by atomic mass is 10.1. The van der Waals surface area contributed by atoms with Gasteiger partial charge >= 0.3 is 0 Å². The minimum Gasteiger partial charge on any atom is -0.495 e. The van der Waals surface area contributed by atoms with E-state index in [0.717, 1.165) is 5.56 Å². The molecular weight excluding hydrogens is 424 g/mol. The standard InChI is InChI=1S/C21H17ClN4O3S/c1-29-16-5-3-2-4-15(16)23-20(28)17-11-14-19(25-26-21(14)30-17)24-18(27)10-12-6-8-13(22)9-7-12/h2-9,11H,10H2,1H3,(H,23,28)(H2,24,25,26,27). The van der Waals surface area contributed by atoms with E-state index in [2.05, 4.69) is 20.8 Å². The molecule has 0 aliphatic rings. The van der Waals surface area contributed by atoms with Gasteiger partial charge in [-0.3, -0.25) is 14.7 Å². The van der Waals surface area contributed by atoms with Crippen molar-refractivity contribution in [2.24, 2.45) is 0 Å². The van der Waals surface area contributed by atoms with Gasteiger partial charge in [-0.1, -0.05) is 35.9 Å². The SMILES string of the molecule is COc1ccccc1NC(=O)c1cc2c(NC(=O)Cc3ccc(Cl)cc3)n[nH]c2s1. The zero-order valence-corrected chi connectivity index (χ0v) is 17.4. The summed E-state index contributed by atoms with van der Waals surface area (Å²) >= 11 is 7.13. The Morgan fingerprint density at radius 3 is 2.67 bits per heavy atom. The van der Waals surface area contributed by atoms with Crippen LogP contribution in [0.4, 0.5) is 11.5 Å². The van der Waals surface area contributed by atoms with Crippen LogP contribution >= 0.6 is 22.9 Å². The van der Waals surface area contributed by atoms with Crippen molar-refractivity contribution in [3.63, 3.8) is 0 Å². The second kappa shape index (κ2) is 8.56. The van der Waals surface area contributed by atoms with Crippen molar-refractivity contribution in [1.82, 2.24) is 10.2 Å². The second-order valence-corrected chi connectivity index (χ2v) is 7.92. The summed E-state index contributed by atoms with van der Waals surface area (Å²) in [6.45, 7) is 0. The number of rotatable bonds is 6. The molecule has 2 heterocycles. The largest absolute Gasteiger partial charge is 0.495 e. The number of carbonyl (C=O) groups excluding carboxylic acids is 2. The van der Waals surface area contributed by atoms with E-state index in [4.69, 9.17) is 16.3 Å². The van der Waals surface area contributed by atoms with Crippen LogP contribution in [0.15, 0.2) is 54.6 Å². The van der Waals surface area contributed by atoms with Crippen LogP contribution in [0.1, 0.15) is 15.2 Å². The highest BCUT2D eigenvalue weighted by atomic mass is 35.5. The van der Waals surface area contributed by atoms with Crippen molar-refractivity contribution in [1.29, 1.82) is 0 Å². The van der Waals surface area contributed by atoms with Gasteiger partial charge in [0.2, 0.25) is 5.91 Å². The molecule has 0 saturated heterocycles. The maximum Gasteiger partial charge on any atom is 0.265 e. The Kier molecular flexibility index (Phi) is 5.69. The Morgan fingerprint density at radius 2 is 1.90 bits per heavy atom. The van der Waals surface area contributed by atoms with Crippen LogP contribution in [-0.2, 0) is 11.2 Å². The number of aromatic nitrogens is 2. The number of anilines is 2. The number of nitrogens with one attached hydrogen (secondary N) is 3. The summed E-state index contributed by atoms with van der Waals surface area (Å²) in [6.07, 6.45) is 0.191. The van der Waals surface area contributed by atoms with E-state index in [1.54, 1.807) is 49.6 Å². The van der Waals surface area contributed by atoms with E-state index in [9.17, 15) is 9.59 Å². The van der Waals surface area contributed by atoms with Crippen molar-refractivity contribution >= 4 is 56.5 Å². The van der Waals surface area contributed by atoms with Crippen LogP contribution in [0.25, 0.3) is 10.2 Å². The fourth-order valence-corrected chi connectivity index (χ4v) is 3.94. The molecule has 3 N–H and O–H groups in total. The number of benzene rings is 2. The number of carbonyl (C=O) groups is 2. The number of hydrogen-bond acceptors (Lipinski definition) is 5. The second-order valence-electron chi connectivity index (χ2n) is 6.43. The van der Waals surface area contributed by atoms with Crippen LogP contribution in [0.2, 0.25) is 5.02 Å². The average molecular weight is 441 g/mol. The molecule has 0 radical (unpaired) electrons. The summed E-state index contributed by atoms with van der Waals surface area (Å²) < 4.78 is 5.26. The van der Waals surface area contributed by atoms with Crippen molar-refractivity contribution in [2.75, 3.05) is 17.7 Å². The number of methoxy groups -OCH3 is 1. The molecule has 2 aromatic heterocycles. The molecule has 9 heteroatoms. The lowest BCUT2D eigenvalue weighted by molar-refractivity contribution is -0.115. The minimum atomic E-state index is -0.271. The molecule has 2 amide bonds. The third kappa shape index (κ3) is 4.29. The lowest BCUT2D eigenvalue weighted by Gasteiger charge is -2.08. The maximum atomic E-state index is 12.7.